The van der Waals surface area contributed by atoms with Crippen LogP contribution in [0.1, 0.15) is 33.6 Å². The Labute approximate surface area is 170 Å². The monoisotopic (exact) mass is 429 g/mol. The largest absolute Gasteiger partial charge is 0.573 e. The quantitative estimate of drug-likeness (QED) is 0.728. The van der Waals surface area contributed by atoms with Gasteiger partial charge in [-0.3, -0.25) is 4.79 Å². The first kappa shape index (κ1) is 21.7. The number of nitrogens with one attached hydrogen (secondary N) is 1. The number of anilines is 1. The van der Waals surface area contributed by atoms with Crippen LogP contribution in [0.25, 0.3) is 0 Å². The molecule has 30 heavy (non-hydrogen) atoms. The first-order valence-corrected chi connectivity index (χ1v) is 9.30. The number of likely N-dealkylation sites (tertiary alicyclic amines) is 1. The maximum atomic E-state index is 13.0. The number of ether oxygens (including phenoxy) is 2. The summed E-state index contributed by atoms with van der Waals surface area (Å²) in [4.78, 5) is 40.0. The Morgan fingerprint density at radius 3 is 2.33 bits per heavy atom. The topological polar surface area (TPSA) is 88.2 Å². The number of hydrogen-bond donors (Lipinski definition) is 1. The van der Waals surface area contributed by atoms with Crippen molar-refractivity contribution < 1.29 is 37.0 Å². The van der Waals surface area contributed by atoms with Gasteiger partial charge in [0.15, 0.2) is 0 Å². The molecular weight excluding hydrogens is 407 g/mol. The number of imide groups is 1. The van der Waals surface area contributed by atoms with E-state index in [1.165, 1.54) is 17.0 Å². The molecule has 1 aromatic carbocycles. The standard InChI is InChI=1S/C19H22F3N3O5/c1-17(2,3)30-16(28)24-9-7-18(8-10-24)14(26)25(15(27)23-18)12-5-4-6-13(11-12)29-19(20,21)22/h4-6,11H,7-10H2,1-3H3,(H,23,27). The Morgan fingerprint density at radius 1 is 1.13 bits per heavy atom. The molecule has 0 saturated carbocycles. The van der Waals surface area contributed by atoms with E-state index in [-0.39, 0.29) is 31.6 Å². The molecule has 2 heterocycles. The molecule has 0 bridgehead atoms. The van der Waals surface area contributed by atoms with E-state index in [1.807, 2.05) is 0 Å². The molecule has 0 aromatic heterocycles. The van der Waals surface area contributed by atoms with Crippen LogP contribution in [0, 0.1) is 0 Å². The Bertz CT molecular complexity index is 858. The van der Waals surface area contributed by atoms with Crippen LogP contribution >= 0.6 is 0 Å². The number of amides is 4. The van der Waals surface area contributed by atoms with E-state index in [1.54, 1.807) is 20.8 Å². The van der Waals surface area contributed by atoms with Crippen LogP contribution < -0.4 is 15.0 Å². The fourth-order valence-electron chi connectivity index (χ4n) is 3.41. The molecule has 3 rings (SSSR count). The third-order valence-electron chi connectivity index (χ3n) is 4.74. The molecule has 2 saturated heterocycles. The predicted molar refractivity (Wildman–Crippen MR) is 98.9 cm³/mol. The number of carbonyl (C=O) groups excluding carboxylic acids is 3. The Kier molecular flexibility index (Phi) is 5.33. The van der Waals surface area contributed by atoms with Crippen LogP contribution in [0.15, 0.2) is 24.3 Å². The van der Waals surface area contributed by atoms with Crippen molar-refractivity contribution in [3.63, 3.8) is 0 Å². The summed E-state index contributed by atoms with van der Waals surface area (Å²) in [5.74, 6) is -1.12. The molecule has 2 aliphatic rings. The molecule has 1 N–H and O–H groups in total. The maximum absolute atomic E-state index is 13.0. The minimum Gasteiger partial charge on any atom is -0.444 e. The van der Waals surface area contributed by atoms with Gasteiger partial charge in [0.25, 0.3) is 5.91 Å². The summed E-state index contributed by atoms with van der Waals surface area (Å²) < 4.78 is 46.6. The van der Waals surface area contributed by atoms with Gasteiger partial charge in [0.1, 0.15) is 16.9 Å². The second-order valence-electron chi connectivity index (χ2n) is 8.17. The van der Waals surface area contributed by atoms with E-state index >= 15 is 0 Å². The fourth-order valence-corrected chi connectivity index (χ4v) is 3.41. The summed E-state index contributed by atoms with van der Waals surface area (Å²) >= 11 is 0. The van der Waals surface area contributed by atoms with E-state index in [9.17, 15) is 27.6 Å². The summed E-state index contributed by atoms with van der Waals surface area (Å²) in [7, 11) is 0. The molecule has 4 amide bonds. The van der Waals surface area contributed by atoms with Crippen molar-refractivity contribution in [2.24, 2.45) is 0 Å². The second-order valence-corrected chi connectivity index (χ2v) is 8.17. The fraction of sp³-hybridized carbons (Fsp3) is 0.526. The van der Waals surface area contributed by atoms with Crippen molar-refractivity contribution in [1.29, 1.82) is 0 Å². The number of halogens is 3. The molecule has 1 aromatic rings. The van der Waals surface area contributed by atoms with Crippen LogP contribution in [0.4, 0.5) is 28.4 Å². The number of alkyl halides is 3. The first-order chi connectivity index (χ1) is 13.8. The van der Waals surface area contributed by atoms with Crippen molar-refractivity contribution in [2.45, 2.75) is 51.1 Å². The van der Waals surface area contributed by atoms with Crippen molar-refractivity contribution in [3.8, 4) is 5.75 Å². The number of carbonyl (C=O) groups is 3. The van der Waals surface area contributed by atoms with Gasteiger partial charge in [0, 0.05) is 19.2 Å². The Hall–Kier alpha value is -2.98. The maximum Gasteiger partial charge on any atom is 0.573 e. The van der Waals surface area contributed by atoms with Gasteiger partial charge in [-0.25, -0.2) is 14.5 Å². The van der Waals surface area contributed by atoms with Crippen molar-refractivity contribution >= 4 is 23.7 Å². The minimum atomic E-state index is -4.90. The highest BCUT2D eigenvalue weighted by Crippen LogP contribution is 2.34. The summed E-state index contributed by atoms with van der Waals surface area (Å²) in [5, 5.41) is 2.64. The third-order valence-corrected chi connectivity index (χ3v) is 4.74. The SMILES string of the molecule is CC(C)(C)OC(=O)N1CCC2(CC1)NC(=O)N(c1cccc(OC(F)(F)F)c1)C2=O. The first-order valence-electron chi connectivity index (χ1n) is 9.30. The Balaban J connectivity index is 1.73. The van der Waals surface area contributed by atoms with E-state index in [0.29, 0.717) is 0 Å². The van der Waals surface area contributed by atoms with E-state index in [0.717, 1.165) is 17.0 Å². The lowest BCUT2D eigenvalue weighted by Gasteiger charge is -2.37. The highest BCUT2D eigenvalue weighted by atomic mass is 19.4. The zero-order chi connectivity index (χ0) is 22.3. The normalized spacial score (nSPS) is 19.1. The molecule has 0 atom stereocenters. The number of urea groups is 1. The average Bonchev–Trinajstić information content (AvgIpc) is 2.82. The van der Waals surface area contributed by atoms with Crippen molar-refractivity contribution in [2.75, 3.05) is 18.0 Å². The van der Waals surface area contributed by atoms with Crippen LogP contribution in [0.3, 0.4) is 0 Å². The Morgan fingerprint density at radius 2 is 1.77 bits per heavy atom. The van der Waals surface area contributed by atoms with Gasteiger partial charge in [-0.2, -0.15) is 0 Å². The van der Waals surface area contributed by atoms with E-state index in [4.69, 9.17) is 4.74 Å². The molecule has 0 aliphatic carbocycles. The van der Waals surface area contributed by atoms with Gasteiger partial charge in [0.05, 0.1) is 5.69 Å². The number of hydrogen-bond acceptors (Lipinski definition) is 5. The molecule has 2 fully saturated rings. The zero-order valence-electron chi connectivity index (χ0n) is 16.7. The van der Waals surface area contributed by atoms with E-state index < -0.39 is 41.3 Å². The highest BCUT2D eigenvalue weighted by molar-refractivity contribution is 6.23. The number of piperidine rings is 1. The average molecular weight is 429 g/mol. The number of benzene rings is 1. The molecule has 8 nitrogen and oxygen atoms in total. The number of rotatable bonds is 2. The molecule has 164 valence electrons. The van der Waals surface area contributed by atoms with Gasteiger partial charge in [-0.1, -0.05) is 6.07 Å². The molecule has 2 aliphatic heterocycles. The predicted octanol–water partition coefficient (Wildman–Crippen LogP) is 3.41. The molecule has 0 unspecified atom stereocenters. The summed E-state index contributed by atoms with van der Waals surface area (Å²) in [6.07, 6.45) is -5.09. The summed E-state index contributed by atoms with van der Waals surface area (Å²) in [6, 6.07) is 3.90. The lowest BCUT2D eigenvalue weighted by atomic mass is 9.87. The van der Waals surface area contributed by atoms with Crippen molar-refractivity contribution in [3.05, 3.63) is 24.3 Å². The van der Waals surface area contributed by atoms with Gasteiger partial charge < -0.3 is 19.7 Å². The summed E-state index contributed by atoms with van der Waals surface area (Å²) in [5.41, 5.74) is -1.92. The van der Waals surface area contributed by atoms with Crippen molar-refractivity contribution in [1.82, 2.24) is 10.2 Å². The summed E-state index contributed by atoms with van der Waals surface area (Å²) in [6.45, 7) is 5.60. The van der Waals surface area contributed by atoms with Crippen LogP contribution in [-0.4, -0.2) is 53.5 Å². The van der Waals surface area contributed by atoms with Gasteiger partial charge in [-0.05, 0) is 45.7 Å². The molecule has 0 radical (unpaired) electrons. The van der Waals surface area contributed by atoms with Crippen LogP contribution in [0.5, 0.6) is 5.75 Å². The second kappa shape index (κ2) is 7.37. The smallest absolute Gasteiger partial charge is 0.444 e. The minimum absolute atomic E-state index is 0.0364. The number of nitrogens with zero attached hydrogens (tertiary/aromatic N) is 2. The molecular formula is C19H22F3N3O5. The lowest BCUT2D eigenvalue weighted by molar-refractivity contribution is -0.274. The third kappa shape index (κ3) is 4.60. The van der Waals surface area contributed by atoms with Gasteiger partial charge in [0.2, 0.25) is 0 Å². The molecule has 1 spiro atoms. The van der Waals surface area contributed by atoms with Gasteiger partial charge in [-0.15, -0.1) is 13.2 Å². The van der Waals surface area contributed by atoms with Crippen LogP contribution in [0.2, 0.25) is 0 Å². The van der Waals surface area contributed by atoms with Gasteiger partial charge >= 0.3 is 18.5 Å². The lowest BCUT2D eigenvalue weighted by Crippen LogP contribution is -2.56. The zero-order valence-corrected chi connectivity index (χ0v) is 16.7. The highest BCUT2D eigenvalue weighted by Gasteiger charge is 2.53. The molecule has 11 heteroatoms. The van der Waals surface area contributed by atoms with Crippen LogP contribution in [-0.2, 0) is 9.53 Å². The van der Waals surface area contributed by atoms with E-state index in [2.05, 4.69) is 10.1 Å².